The summed E-state index contributed by atoms with van der Waals surface area (Å²) in [6, 6.07) is 12.9. The second kappa shape index (κ2) is 8.26. The van der Waals surface area contributed by atoms with Crippen LogP contribution in [0.2, 0.25) is 0 Å². The molecule has 0 unspecified atom stereocenters. The van der Waals surface area contributed by atoms with Crippen LogP contribution < -0.4 is 5.32 Å². The molecule has 8 heteroatoms. The van der Waals surface area contributed by atoms with Crippen molar-refractivity contribution >= 4 is 38.8 Å². The van der Waals surface area contributed by atoms with E-state index in [1.54, 1.807) is 30.4 Å². The second-order valence-electron chi connectivity index (χ2n) is 7.37. The number of thiazole rings is 1. The molecule has 0 radical (unpaired) electrons. The predicted molar refractivity (Wildman–Crippen MR) is 114 cm³/mol. The van der Waals surface area contributed by atoms with Crippen molar-refractivity contribution in [3.8, 4) is 0 Å². The van der Waals surface area contributed by atoms with Crippen molar-refractivity contribution in [3.05, 3.63) is 63.1 Å². The highest BCUT2D eigenvalue weighted by Gasteiger charge is 2.26. The topological polar surface area (TPSA) is 88.4 Å². The van der Waals surface area contributed by atoms with Crippen molar-refractivity contribution in [2.75, 3.05) is 25.0 Å². The van der Waals surface area contributed by atoms with Gasteiger partial charge in [0.2, 0.25) is 5.91 Å². The summed E-state index contributed by atoms with van der Waals surface area (Å²) in [6.07, 6.45) is 2.06. The number of nitrogens with one attached hydrogen (secondary N) is 1. The number of para-hydroxylation sites is 2. The fourth-order valence-electron chi connectivity index (χ4n) is 3.81. The number of anilines is 1. The first kappa shape index (κ1) is 19.5. The molecule has 150 valence electrons. The quantitative estimate of drug-likeness (QED) is 0.500. The summed E-state index contributed by atoms with van der Waals surface area (Å²) >= 11 is 1.72. The molecule has 4 rings (SSSR count). The number of hydrogen-bond acceptors (Lipinski definition) is 6. The summed E-state index contributed by atoms with van der Waals surface area (Å²) in [5.74, 6) is 0.0779. The zero-order valence-corrected chi connectivity index (χ0v) is 16.9. The number of likely N-dealkylation sites (tertiary alicyclic amines) is 1. The van der Waals surface area contributed by atoms with Crippen molar-refractivity contribution in [2.45, 2.75) is 25.7 Å². The summed E-state index contributed by atoms with van der Waals surface area (Å²) in [5.41, 5.74) is 1.90. The van der Waals surface area contributed by atoms with Crippen LogP contribution in [0.3, 0.4) is 0 Å². The van der Waals surface area contributed by atoms with Gasteiger partial charge in [-0.05, 0) is 44.0 Å². The molecule has 2 aromatic carbocycles. The number of amides is 1. The zero-order valence-electron chi connectivity index (χ0n) is 16.1. The van der Waals surface area contributed by atoms with E-state index in [1.165, 1.54) is 10.8 Å². The largest absolute Gasteiger partial charge is 0.319 e. The lowest BCUT2D eigenvalue weighted by molar-refractivity contribution is -0.384. The number of aromatic nitrogens is 1. The highest BCUT2D eigenvalue weighted by Crippen LogP contribution is 2.33. The number of aryl methyl sites for hydroxylation is 1. The Balaban J connectivity index is 1.43. The SMILES string of the molecule is Cc1cccc([N+](=O)[O-])c1NC(=O)CN1CCC[C@H](c2nc3ccccc3s2)C1. The van der Waals surface area contributed by atoms with Crippen molar-refractivity contribution in [1.29, 1.82) is 0 Å². The lowest BCUT2D eigenvalue weighted by atomic mass is 9.99. The van der Waals surface area contributed by atoms with E-state index in [-0.39, 0.29) is 23.8 Å². The average Bonchev–Trinajstić information content (AvgIpc) is 3.14. The number of hydrogen-bond donors (Lipinski definition) is 1. The molecule has 0 spiro atoms. The Bertz CT molecular complexity index is 1030. The van der Waals surface area contributed by atoms with Crippen molar-refractivity contribution < 1.29 is 9.72 Å². The van der Waals surface area contributed by atoms with Crippen molar-refractivity contribution in [2.24, 2.45) is 0 Å². The molecule has 29 heavy (non-hydrogen) atoms. The molecule has 1 fully saturated rings. The van der Waals surface area contributed by atoms with Gasteiger partial charge in [0.05, 0.1) is 26.7 Å². The standard InChI is InChI=1S/C21H22N4O3S/c1-14-6-4-9-17(25(27)28)20(14)23-19(26)13-24-11-5-7-15(12-24)21-22-16-8-2-3-10-18(16)29-21/h2-4,6,8-10,15H,5,7,11-13H2,1H3,(H,23,26)/t15-/m0/s1. The zero-order chi connectivity index (χ0) is 20.4. The van der Waals surface area contributed by atoms with Crippen molar-refractivity contribution in [3.63, 3.8) is 0 Å². The van der Waals surface area contributed by atoms with E-state index >= 15 is 0 Å². The van der Waals surface area contributed by atoms with Gasteiger partial charge in [-0.1, -0.05) is 24.3 Å². The molecule has 1 saturated heterocycles. The number of fused-ring (bicyclic) bond motifs is 1. The molecule has 3 aromatic rings. The normalized spacial score (nSPS) is 17.3. The third-order valence-corrected chi connectivity index (χ3v) is 6.44. The summed E-state index contributed by atoms with van der Waals surface area (Å²) < 4.78 is 1.18. The monoisotopic (exact) mass is 410 g/mol. The maximum Gasteiger partial charge on any atom is 0.293 e. The van der Waals surface area contributed by atoms with Gasteiger partial charge in [-0.3, -0.25) is 19.8 Å². The van der Waals surface area contributed by atoms with Crippen molar-refractivity contribution in [1.82, 2.24) is 9.88 Å². The van der Waals surface area contributed by atoms with Crippen LogP contribution in [0.4, 0.5) is 11.4 Å². The third-order valence-electron chi connectivity index (χ3n) is 5.24. The van der Waals surface area contributed by atoms with Gasteiger partial charge in [-0.25, -0.2) is 4.98 Å². The maximum atomic E-state index is 12.6. The number of nitro groups is 1. The molecule has 7 nitrogen and oxygen atoms in total. The lowest BCUT2D eigenvalue weighted by Crippen LogP contribution is -2.39. The third kappa shape index (κ3) is 4.28. The molecule has 0 aliphatic carbocycles. The Morgan fingerprint density at radius 3 is 2.93 bits per heavy atom. The fourth-order valence-corrected chi connectivity index (χ4v) is 4.91. The molecule has 0 bridgehead atoms. The summed E-state index contributed by atoms with van der Waals surface area (Å²) in [7, 11) is 0. The number of benzene rings is 2. The average molecular weight is 410 g/mol. The summed E-state index contributed by atoms with van der Waals surface area (Å²) in [6.45, 7) is 3.58. The van der Waals surface area contributed by atoms with E-state index in [0.717, 1.165) is 36.5 Å². The molecule has 1 aliphatic rings. The van der Waals surface area contributed by atoms with Crippen LogP contribution in [0.25, 0.3) is 10.2 Å². The summed E-state index contributed by atoms with van der Waals surface area (Å²) in [5, 5.41) is 15.1. The number of nitrogens with zero attached hydrogens (tertiary/aromatic N) is 3. The predicted octanol–water partition coefficient (Wildman–Crippen LogP) is 4.33. The van der Waals surface area contributed by atoms with E-state index in [4.69, 9.17) is 4.98 Å². The van der Waals surface area contributed by atoms with Gasteiger partial charge in [0.25, 0.3) is 5.69 Å². The Labute approximate surface area is 172 Å². The minimum atomic E-state index is -0.466. The van der Waals surface area contributed by atoms with E-state index in [0.29, 0.717) is 11.5 Å². The molecular formula is C21H22N4O3S. The van der Waals surface area contributed by atoms with Gasteiger partial charge in [0.15, 0.2) is 0 Å². The molecule has 1 aromatic heterocycles. The second-order valence-corrected chi connectivity index (χ2v) is 8.43. The van der Waals surface area contributed by atoms with E-state index in [2.05, 4.69) is 16.3 Å². The molecular weight excluding hydrogens is 388 g/mol. The Morgan fingerprint density at radius 2 is 2.14 bits per heavy atom. The molecule has 1 amide bonds. The van der Waals surface area contributed by atoms with Gasteiger partial charge >= 0.3 is 0 Å². The Kier molecular flexibility index (Phi) is 5.55. The first-order chi connectivity index (χ1) is 14.0. The fraction of sp³-hybridized carbons (Fsp3) is 0.333. The number of carbonyl (C=O) groups is 1. The smallest absolute Gasteiger partial charge is 0.293 e. The van der Waals surface area contributed by atoms with Crippen LogP contribution in [-0.2, 0) is 4.79 Å². The molecule has 0 saturated carbocycles. The minimum Gasteiger partial charge on any atom is -0.319 e. The lowest BCUT2D eigenvalue weighted by Gasteiger charge is -2.31. The summed E-state index contributed by atoms with van der Waals surface area (Å²) in [4.78, 5) is 30.3. The van der Waals surface area contributed by atoms with Crippen LogP contribution >= 0.6 is 11.3 Å². The number of carbonyl (C=O) groups excluding carboxylic acids is 1. The molecule has 1 N–H and O–H groups in total. The first-order valence-corrected chi connectivity index (χ1v) is 10.4. The number of rotatable bonds is 5. The van der Waals surface area contributed by atoms with Crippen LogP contribution in [0, 0.1) is 17.0 Å². The molecule has 2 heterocycles. The van der Waals surface area contributed by atoms with E-state index < -0.39 is 4.92 Å². The van der Waals surface area contributed by atoms with Gasteiger partial charge < -0.3 is 5.32 Å². The van der Waals surface area contributed by atoms with Gasteiger partial charge in [-0.2, -0.15) is 0 Å². The van der Waals surface area contributed by atoms with Crippen LogP contribution in [0.1, 0.15) is 29.3 Å². The van der Waals surface area contributed by atoms with Crippen LogP contribution in [0.15, 0.2) is 42.5 Å². The molecule has 1 atom stereocenters. The molecule has 1 aliphatic heterocycles. The van der Waals surface area contributed by atoms with Gasteiger partial charge in [-0.15, -0.1) is 11.3 Å². The van der Waals surface area contributed by atoms with Crippen LogP contribution in [0.5, 0.6) is 0 Å². The van der Waals surface area contributed by atoms with E-state index in [1.807, 2.05) is 18.2 Å². The Hall–Kier alpha value is -2.84. The van der Waals surface area contributed by atoms with Crippen LogP contribution in [-0.4, -0.2) is 40.3 Å². The Morgan fingerprint density at radius 1 is 1.31 bits per heavy atom. The maximum absolute atomic E-state index is 12.6. The minimum absolute atomic E-state index is 0.0793. The van der Waals surface area contributed by atoms with Gasteiger partial charge in [0, 0.05) is 18.5 Å². The highest BCUT2D eigenvalue weighted by atomic mass is 32.1. The number of nitro benzene ring substituents is 1. The van der Waals surface area contributed by atoms with Gasteiger partial charge in [0.1, 0.15) is 5.69 Å². The van der Waals surface area contributed by atoms with E-state index in [9.17, 15) is 14.9 Å². The first-order valence-electron chi connectivity index (χ1n) is 9.63. The number of piperidine rings is 1. The highest BCUT2D eigenvalue weighted by molar-refractivity contribution is 7.18.